The topological polar surface area (TPSA) is 26.0 Å². The molecule has 90 valence electrons. The molecule has 1 aromatic rings. The van der Waals surface area contributed by atoms with Crippen LogP contribution in [0.1, 0.15) is 32.3 Å². The van der Waals surface area contributed by atoms with Gasteiger partial charge in [-0.05, 0) is 36.5 Å². The maximum atomic E-state index is 6.16. The minimum absolute atomic E-state index is 0.202. The second kappa shape index (κ2) is 6.63. The lowest BCUT2D eigenvalue weighted by molar-refractivity contribution is 0.450. The molecule has 0 aliphatic carbocycles. The van der Waals surface area contributed by atoms with Crippen LogP contribution in [-0.4, -0.2) is 6.04 Å². The largest absolute Gasteiger partial charge is 0.327 e. The summed E-state index contributed by atoms with van der Waals surface area (Å²) in [6.45, 7) is 4.44. The molecule has 0 bridgehead atoms. The van der Waals surface area contributed by atoms with Crippen LogP contribution >= 0.6 is 27.5 Å². The average molecular weight is 305 g/mol. The standard InChI is InChI=1S/C13H19BrClN/c1-3-9(2)6-12(16)7-10-4-5-11(14)8-13(10)15/h4-5,8-9,12H,3,6-7,16H2,1-2H3. The minimum atomic E-state index is 0.202. The number of rotatable bonds is 5. The third-order valence-electron chi connectivity index (χ3n) is 2.90. The summed E-state index contributed by atoms with van der Waals surface area (Å²) in [5.41, 5.74) is 7.26. The number of halogens is 2. The van der Waals surface area contributed by atoms with E-state index in [1.54, 1.807) is 0 Å². The normalized spacial score (nSPS) is 14.8. The van der Waals surface area contributed by atoms with E-state index in [-0.39, 0.29) is 6.04 Å². The molecule has 1 rings (SSSR count). The van der Waals surface area contributed by atoms with E-state index < -0.39 is 0 Å². The van der Waals surface area contributed by atoms with Gasteiger partial charge in [0.25, 0.3) is 0 Å². The molecule has 0 aliphatic rings. The smallest absolute Gasteiger partial charge is 0.0449 e. The predicted molar refractivity (Wildman–Crippen MR) is 74.9 cm³/mol. The van der Waals surface area contributed by atoms with Crippen LogP contribution in [0.2, 0.25) is 5.02 Å². The van der Waals surface area contributed by atoms with Crippen molar-refractivity contribution in [3.05, 3.63) is 33.3 Å². The van der Waals surface area contributed by atoms with Gasteiger partial charge < -0.3 is 5.73 Å². The Kier molecular flexibility index (Phi) is 5.81. The molecule has 0 spiro atoms. The van der Waals surface area contributed by atoms with Gasteiger partial charge in [0.2, 0.25) is 0 Å². The molecule has 0 aromatic heterocycles. The van der Waals surface area contributed by atoms with E-state index in [0.29, 0.717) is 5.92 Å². The molecule has 0 aliphatic heterocycles. The van der Waals surface area contributed by atoms with Crippen molar-refractivity contribution in [1.82, 2.24) is 0 Å². The monoisotopic (exact) mass is 303 g/mol. The van der Waals surface area contributed by atoms with Gasteiger partial charge in [-0.15, -0.1) is 0 Å². The van der Waals surface area contributed by atoms with Gasteiger partial charge in [0, 0.05) is 15.5 Å². The minimum Gasteiger partial charge on any atom is -0.327 e. The Balaban J connectivity index is 2.59. The molecule has 2 atom stereocenters. The van der Waals surface area contributed by atoms with E-state index in [1.807, 2.05) is 18.2 Å². The zero-order chi connectivity index (χ0) is 12.1. The molecule has 16 heavy (non-hydrogen) atoms. The van der Waals surface area contributed by atoms with Crippen LogP contribution in [0.15, 0.2) is 22.7 Å². The number of hydrogen-bond acceptors (Lipinski definition) is 1. The maximum Gasteiger partial charge on any atom is 0.0449 e. The van der Waals surface area contributed by atoms with E-state index in [2.05, 4.69) is 29.8 Å². The van der Waals surface area contributed by atoms with Crippen molar-refractivity contribution >= 4 is 27.5 Å². The zero-order valence-corrected chi connectivity index (χ0v) is 12.2. The molecule has 1 nitrogen and oxygen atoms in total. The maximum absolute atomic E-state index is 6.16. The van der Waals surface area contributed by atoms with Crippen molar-refractivity contribution < 1.29 is 0 Å². The quantitative estimate of drug-likeness (QED) is 0.857. The van der Waals surface area contributed by atoms with Crippen molar-refractivity contribution in [2.75, 3.05) is 0 Å². The Morgan fingerprint density at radius 3 is 2.69 bits per heavy atom. The fourth-order valence-corrected chi connectivity index (χ4v) is 2.49. The number of hydrogen-bond donors (Lipinski definition) is 1. The lowest BCUT2D eigenvalue weighted by Gasteiger charge is -2.16. The van der Waals surface area contributed by atoms with E-state index >= 15 is 0 Å². The summed E-state index contributed by atoms with van der Waals surface area (Å²) >= 11 is 9.56. The zero-order valence-electron chi connectivity index (χ0n) is 9.84. The Hall–Kier alpha value is -0.0500. The number of benzene rings is 1. The van der Waals surface area contributed by atoms with Gasteiger partial charge in [0.15, 0.2) is 0 Å². The van der Waals surface area contributed by atoms with Crippen molar-refractivity contribution in [3.63, 3.8) is 0 Å². The lowest BCUT2D eigenvalue weighted by Crippen LogP contribution is -2.25. The molecule has 3 heteroatoms. The third-order valence-corrected chi connectivity index (χ3v) is 3.74. The Bertz CT molecular complexity index is 341. The average Bonchev–Trinajstić information content (AvgIpc) is 2.22. The van der Waals surface area contributed by atoms with Gasteiger partial charge in [-0.2, -0.15) is 0 Å². The molecule has 0 saturated carbocycles. The summed E-state index contributed by atoms with van der Waals surface area (Å²) in [6.07, 6.45) is 3.10. The van der Waals surface area contributed by atoms with Crippen molar-refractivity contribution in [2.24, 2.45) is 11.7 Å². The molecule has 2 unspecified atom stereocenters. The Morgan fingerprint density at radius 1 is 1.44 bits per heavy atom. The molecule has 2 N–H and O–H groups in total. The fraction of sp³-hybridized carbons (Fsp3) is 0.538. The van der Waals surface area contributed by atoms with Crippen LogP contribution < -0.4 is 5.73 Å². The third kappa shape index (κ3) is 4.44. The molecule has 0 fully saturated rings. The van der Waals surface area contributed by atoms with E-state index in [1.165, 1.54) is 6.42 Å². The summed E-state index contributed by atoms with van der Waals surface area (Å²) in [7, 11) is 0. The van der Waals surface area contributed by atoms with Crippen LogP contribution in [0.25, 0.3) is 0 Å². The van der Waals surface area contributed by atoms with E-state index in [9.17, 15) is 0 Å². The van der Waals surface area contributed by atoms with Crippen molar-refractivity contribution in [3.8, 4) is 0 Å². The fourth-order valence-electron chi connectivity index (χ4n) is 1.74. The van der Waals surface area contributed by atoms with Gasteiger partial charge in [0.05, 0.1) is 0 Å². The first-order valence-electron chi connectivity index (χ1n) is 5.72. The second-order valence-corrected chi connectivity index (χ2v) is 5.77. The molecule has 0 amide bonds. The highest BCUT2D eigenvalue weighted by Crippen LogP contribution is 2.23. The molecule has 0 radical (unpaired) electrons. The van der Waals surface area contributed by atoms with Crippen molar-refractivity contribution in [2.45, 2.75) is 39.2 Å². The molecule has 0 heterocycles. The van der Waals surface area contributed by atoms with Crippen LogP contribution in [0.3, 0.4) is 0 Å². The predicted octanol–water partition coefficient (Wildman–Crippen LogP) is 4.41. The highest BCUT2D eigenvalue weighted by molar-refractivity contribution is 9.10. The summed E-state index contributed by atoms with van der Waals surface area (Å²) in [5, 5.41) is 0.800. The summed E-state index contributed by atoms with van der Waals surface area (Å²) in [5.74, 6) is 0.684. The van der Waals surface area contributed by atoms with Crippen LogP contribution in [0.4, 0.5) is 0 Å². The highest BCUT2D eigenvalue weighted by Gasteiger charge is 2.10. The lowest BCUT2D eigenvalue weighted by atomic mass is 9.95. The summed E-state index contributed by atoms with van der Waals surface area (Å²) in [6, 6.07) is 6.18. The summed E-state index contributed by atoms with van der Waals surface area (Å²) < 4.78 is 1.01. The van der Waals surface area contributed by atoms with Gasteiger partial charge >= 0.3 is 0 Å². The Morgan fingerprint density at radius 2 is 2.12 bits per heavy atom. The van der Waals surface area contributed by atoms with Crippen LogP contribution in [0, 0.1) is 5.92 Å². The second-order valence-electron chi connectivity index (χ2n) is 4.45. The van der Waals surface area contributed by atoms with E-state index in [4.69, 9.17) is 17.3 Å². The summed E-state index contributed by atoms with van der Waals surface area (Å²) in [4.78, 5) is 0. The first-order chi connectivity index (χ1) is 7.52. The van der Waals surface area contributed by atoms with Gasteiger partial charge in [-0.25, -0.2) is 0 Å². The van der Waals surface area contributed by atoms with Crippen LogP contribution in [0.5, 0.6) is 0 Å². The highest BCUT2D eigenvalue weighted by atomic mass is 79.9. The van der Waals surface area contributed by atoms with Crippen molar-refractivity contribution in [1.29, 1.82) is 0 Å². The van der Waals surface area contributed by atoms with Crippen LogP contribution in [-0.2, 0) is 6.42 Å². The molecular formula is C13H19BrClN. The van der Waals surface area contributed by atoms with E-state index in [0.717, 1.165) is 27.9 Å². The first kappa shape index (κ1) is 14.0. The molecule has 1 aromatic carbocycles. The van der Waals surface area contributed by atoms with Gasteiger partial charge in [0.1, 0.15) is 0 Å². The molecule has 0 saturated heterocycles. The van der Waals surface area contributed by atoms with Gasteiger partial charge in [-0.1, -0.05) is 53.9 Å². The van der Waals surface area contributed by atoms with Gasteiger partial charge in [-0.3, -0.25) is 0 Å². The first-order valence-corrected chi connectivity index (χ1v) is 6.89. The molecular weight excluding hydrogens is 286 g/mol. The number of nitrogens with two attached hydrogens (primary N) is 1. The SMILES string of the molecule is CCC(C)CC(N)Cc1ccc(Br)cc1Cl. The Labute approximate surface area is 111 Å².